The minimum absolute atomic E-state index is 0.111. The molecule has 1 aromatic rings. The van der Waals surface area contributed by atoms with Gasteiger partial charge < -0.3 is 5.32 Å². The van der Waals surface area contributed by atoms with E-state index in [0.717, 1.165) is 5.82 Å². The van der Waals surface area contributed by atoms with Crippen molar-refractivity contribution in [3.8, 4) is 0 Å². The lowest BCUT2D eigenvalue weighted by atomic mass is 9.96. The number of piperidine rings is 1. The fraction of sp³-hybridized carbons (Fsp3) is 0.667. The molecule has 0 radical (unpaired) electrons. The molecule has 7 heteroatoms. The van der Waals surface area contributed by atoms with Crippen LogP contribution in [-0.4, -0.2) is 39.2 Å². The first-order valence-corrected chi connectivity index (χ1v) is 6.97. The van der Waals surface area contributed by atoms with Crippen LogP contribution in [0.5, 0.6) is 0 Å². The second-order valence-electron chi connectivity index (χ2n) is 5.70. The molecule has 1 aromatic heterocycles. The summed E-state index contributed by atoms with van der Waals surface area (Å²) < 4.78 is 4.29. The molecule has 19 heavy (non-hydrogen) atoms. The number of hydrogen-bond donors (Lipinski definition) is 1. The van der Waals surface area contributed by atoms with Gasteiger partial charge in [-0.05, 0) is 6.42 Å². The number of carbonyl (C=O) groups is 2. The number of anilines is 1. The highest BCUT2D eigenvalue weighted by molar-refractivity contribution is 7.09. The van der Waals surface area contributed by atoms with Gasteiger partial charge in [-0.2, -0.15) is 4.37 Å². The van der Waals surface area contributed by atoms with Crippen LogP contribution in [0.2, 0.25) is 0 Å². The van der Waals surface area contributed by atoms with Crippen LogP contribution in [0.15, 0.2) is 0 Å². The predicted octanol–water partition coefficient (Wildman–Crippen LogP) is 1.39. The molecule has 0 aromatic carbocycles. The van der Waals surface area contributed by atoms with Crippen LogP contribution in [0.25, 0.3) is 0 Å². The van der Waals surface area contributed by atoms with Crippen LogP contribution in [0.3, 0.4) is 0 Å². The maximum Gasteiger partial charge on any atom is 0.251 e. The number of likely N-dealkylation sites (N-methyl/N-ethyl adjacent to an activating group) is 1. The summed E-state index contributed by atoms with van der Waals surface area (Å²) in [6.45, 7) is 6.12. The normalized spacial score (nSPS) is 20.8. The SMILES string of the molecule is CN1C(=O)CCC(Nc2nc(C(C)(C)C)ns2)C1=O. The Kier molecular flexibility index (Phi) is 3.58. The Morgan fingerprint density at radius 1 is 1.37 bits per heavy atom. The minimum Gasteiger partial charge on any atom is -0.348 e. The van der Waals surface area contributed by atoms with Gasteiger partial charge in [-0.15, -0.1) is 0 Å². The molecule has 1 aliphatic rings. The van der Waals surface area contributed by atoms with E-state index in [9.17, 15) is 9.59 Å². The molecule has 1 aliphatic heterocycles. The molecule has 2 amide bonds. The largest absolute Gasteiger partial charge is 0.348 e. The fourth-order valence-electron chi connectivity index (χ4n) is 1.79. The van der Waals surface area contributed by atoms with Gasteiger partial charge in [0.05, 0.1) is 0 Å². The van der Waals surface area contributed by atoms with Crippen molar-refractivity contribution in [1.82, 2.24) is 14.3 Å². The maximum absolute atomic E-state index is 11.9. The third-order valence-electron chi connectivity index (χ3n) is 3.04. The summed E-state index contributed by atoms with van der Waals surface area (Å²) in [6, 6.07) is -0.386. The highest BCUT2D eigenvalue weighted by Gasteiger charge is 2.32. The zero-order chi connectivity index (χ0) is 14.2. The number of imide groups is 1. The highest BCUT2D eigenvalue weighted by Crippen LogP contribution is 2.24. The number of rotatable bonds is 2. The number of aromatic nitrogens is 2. The van der Waals surface area contributed by atoms with Crippen molar-refractivity contribution in [2.45, 2.75) is 45.1 Å². The van der Waals surface area contributed by atoms with E-state index in [4.69, 9.17) is 0 Å². The number of nitrogens with one attached hydrogen (secondary N) is 1. The molecule has 2 rings (SSSR count). The molecule has 0 bridgehead atoms. The lowest BCUT2D eigenvalue weighted by molar-refractivity contribution is -0.146. The van der Waals surface area contributed by atoms with Crippen molar-refractivity contribution in [1.29, 1.82) is 0 Å². The Balaban J connectivity index is 2.07. The summed E-state index contributed by atoms with van der Waals surface area (Å²) in [4.78, 5) is 28.9. The second kappa shape index (κ2) is 4.88. The van der Waals surface area contributed by atoms with Crippen LogP contribution < -0.4 is 5.32 Å². The van der Waals surface area contributed by atoms with Crippen LogP contribution in [0.1, 0.15) is 39.4 Å². The standard InChI is InChI=1S/C12H18N4O2S/c1-12(2,3)10-14-11(19-15-10)13-7-5-6-8(17)16(4)9(7)18/h7H,5-6H2,1-4H3,(H,13,14,15). The summed E-state index contributed by atoms with van der Waals surface area (Å²) in [5.74, 6) is 0.423. The molecule has 1 fully saturated rings. The van der Waals surface area contributed by atoms with Crippen molar-refractivity contribution in [2.75, 3.05) is 12.4 Å². The summed E-state index contributed by atoms with van der Waals surface area (Å²) in [5, 5.41) is 3.71. The summed E-state index contributed by atoms with van der Waals surface area (Å²) >= 11 is 1.25. The van der Waals surface area contributed by atoms with Crippen molar-refractivity contribution in [2.24, 2.45) is 0 Å². The Hall–Kier alpha value is -1.50. The zero-order valence-corrected chi connectivity index (χ0v) is 12.4. The van der Waals surface area contributed by atoms with Crippen molar-refractivity contribution < 1.29 is 9.59 Å². The molecule has 0 aliphatic carbocycles. The highest BCUT2D eigenvalue weighted by atomic mass is 32.1. The van der Waals surface area contributed by atoms with E-state index in [1.807, 2.05) is 20.8 Å². The number of likely N-dealkylation sites (tertiary alicyclic amines) is 1. The molecule has 104 valence electrons. The maximum atomic E-state index is 11.9. The second-order valence-corrected chi connectivity index (χ2v) is 6.45. The van der Waals surface area contributed by atoms with Crippen LogP contribution in [0, 0.1) is 0 Å². The first-order valence-electron chi connectivity index (χ1n) is 6.20. The Morgan fingerprint density at radius 3 is 2.63 bits per heavy atom. The first-order chi connectivity index (χ1) is 8.79. The van der Waals surface area contributed by atoms with Gasteiger partial charge in [0.2, 0.25) is 11.0 Å². The van der Waals surface area contributed by atoms with Gasteiger partial charge in [-0.3, -0.25) is 14.5 Å². The average Bonchev–Trinajstić information content (AvgIpc) is 2.78. The molecule has 1 unspecified atom stereocenters. The van der Waals surface area contributed by atoms with Gasteiger partial charge in [0.15, 0.2) is 0 Å². The third-order valence-corrected chi connectivity index (χ3v) is 3.69. The minimum atomic E-state index is -0.386. The van der Waals surface area contributed by atoms with Crippen molar-refractivity contribution in [3.63, 3.8) is 0 Å². The average molecular weight is 282 g/mol. The molecular weight excluding hydrogens is 264 g/mol. The molecule has 1 atom stereocenters. The van der Waals surface area contributed by atoms with E-state index < -0.39 is 0 Å². The number of hydrogen-bond acceptors (Lipinski definition) is 6. The van der Waals surface area contributed by atoms with Gasteiger partial charge in [-0.1, -0.05) is 20.8 Å². The fourth-order valence-corrected chi connectivity index (χ4v) is 2.60. The van der Waals surface area contributed by atoms with E-state index in [1.54, 1.807) is 0 Å². The Morgan fingerprint density at radius 2 is 2.05 bits per heavy atom. The molecule has 6 nitrogen and oxygen atoms in total. The van der Waals surface area contributed by atoms with E-state index in [0.29, 0.717) is 18.0 Å². The topological polar surface area (TPSA) is 75.2 Å². The molecular formula is C12H18N4O2S. The lowest BCUT2D eigenvalue weighted by Gasteiger charge is -2.27. The van der Waals surface area contributed by atoms with Gasteiger partial charge in [0.25, 0.3) is 5.91 Å². The van der Waals surface area contributed by atoms with Gasteiger partial charge in [-0.25, -0.2) is 4.98 Å². The van der Waals surface area contributed by atoms with Crippen LogP contribution >= 0.6 is 11.5 Å². The monoisotopic (exact) mass is 282 g/mol. The quantitative estimate of drug-likeness (QED) is 0.830. The predicted molar refractivity (Wildman–Crippen MR) is 73.0 cm³/mol. The van der Waals surface area contributed by atoms with Gasteiger partial charge >= 0.3 is 0 Å². The van der Waals surface area contributed by atoms with Crippen molar-refractivity contribution >= 4 is 28.5 Å². The number of carbonyl (C=O) groups excluding carboxylic acids is 2. The van der Waals surface area contributed by atoms with E-state index in [-0.39, 0.29) is 23.3 Å². The summed E-state index contributed by atoms with van der Waals surface area (Å²) in [7, 11) is 1.51. The molecule has 1 N–H and O–H groups in total. The number of amides is 2. The molecule has 1 saturated heterocycles. The molecule has 2 heterocycles. The van der Waals surface area contributed by atoms with Crippen LogP contribution in [0.4, 0.5) is 5.13 Å². The van der Waals surface area contributed by atoms with E-state index in [1.165, 1.54) is 23.5 Å². The molecule has 0 saturated carbocycles. The Labute approximate surface area is 116 Å². The van der Waals surface area contributed by atoms with E-state index >= 15 is 0 Å². The first kappa shape index (κ1) is 13.9. The van der Waals surface area contributed by atoms with Crippen molar-refractivity contribution in [3.05, 3.63) is 5.82 Å². The lowest BCUT2D eigenvalue weighted by Crippen LogP contribution is -2.48. The number of nitrogens with zero attached hydrogens (tertiary/aromatic N) is 3. The zero-order valence-electron chi connectivity index (χ0n) is 11.6. The van der Waals surface area contributed by atoms with Crippen LogP contribution in [-0.2, 0) is 15.0 Å². The summed E-state index contributed by atoms with van der Waals surface area (Å²) in [5.41, 5.74) is -0.111. The Bertz CT molecular complexity index is 506. The van der Waals surface area contributed by atoms with Gasteiger partial charge in [0.1, 0.15) is 11.9 Å². The van der Waals surface area contributed by atoms with E-state index in [2.05, 4.69) is 14.7 Å². The molecule has 0 spiro atoms. The third kappa shape index (κ3) is 2.91. The smallest absolute Gasteiger partial charge is 0.251 e. The summed E-state index contributed by atoms with van der Waals surface area (Å²) in [6.07, 6.45) is 0.886. The van der Waals surface area contributed by atoms with Gasteiger partial charge in [0, 0.05) is 30.4 Å².